The monoisotopic (exact) mass is 406 g/mol. The Bertz CT molecular complexity index is 375. The van der Waals surface area contributed by atoms with Gasteiger partial charge in [-0.15, -0.1) is 0 Å². The molecule has 0 bridgehead atoms. The molecule has 70 valence electrons. The lowest BCUT2D eigenvalue weighted by Crippen LogP contribution is -1.99. The van der Waals surface area contributed by atoms with Crippen molar-refractivity contribution >= 4 is 51.2 Å². The van der Waals surface area contributed by atoms with Crippen LogP contribution in [0.3, 0.4) is 0 Å². The smallest absolute Gasteiger partial charge is 0.339 e. The van der Waals surface area contributed by atoms with Crippen LogP contribution in [0.1, 0.15) is 10.4 Å². The van der Waals surface area contributed by atoms with Crippen LogP contribution in [0.4, 0.5) is 0 Å². The van der Waals surface area contributed by atoms with Gasteiger partial charge in [0.2, 0.25) is 0 Å². The number of hydrogen-bond acceptors (Lipinski definition) is 3. The first-order valence-corrected chi connectivity index (χ1v) is 5.24. The molecule has 0 amide bonds. The summed E-state index contributed by atoms with van der Waals surface area (Å²) in [4.78, 5) is 10.6. The fourth-order valence-corrected chi connectivity index (χ4v) is 2.44. The van der Waals surface area contributed by atoms with Crippen LogP contribution in [0.5, 0.6) is 11.5 Å². The van der Waals surface area contributed by atoms with Gasteiger partial charge in [-0.1, -0.05) is 0 Å². The number of carbonyl (C=O) groups is 1. The molecule has 0 aliphatic heterocycles. The van der Waals surface area contributed by atoms with Gasteiger partial charge in [0.15, 0.2) is 0 Å². The lowest BCUT2D eigenvalue weighted by atomic mass is 10.2. The Labute approximate surface area is 101 Å². The molecule has 0 aliphatic rings. The molecule has 1 aromatic carbocycles. The minimum atomic E-state index is -1.21. The third-order valence-electron chi connectivity index (χ3n) is 1.40. The van der Waals surface area contributed by atoms with E-state index < -0.39 is 11.7 Å². The molecule has 13 heavy (non-hydrogen) atoms. The molecule has 0 atom stereocenters. The average Bonchev–Trinajstić information content (AvgIpc) is 2.07. The van der Waals surface area contributed by atoms with Crippen LogP contribution in [-0.4, -0.2) is 21.3 Å². The van der Waals surface area contributed by atoms with Crippen LogP contribution in [0.25, 0.3) is 0 Å². The van der Waals surface area contributed by atoms with E-state index in [1.54, 1.807) is 45.2 Å². The van der Waals surface area contributed by atoms with Crippen LogP contribution >= 0.6 is 45.2 Å². The van der Waals surface area contributed by atoms with Crippen molar-refractivity contribution in [1.29, 1.82) is 0 Å². The molecular formula is C7H4I2O4. The summed E-state index contributed by atoms with van der Waals surface area (Å²) in [5.41, 5.74) is -0.202. The molecule has 6 heteroatoms. The van der Waals surface area contributed by atoms with Crippen molar-refractivity contribution in [2.24, 2.45) is 0 Å². The molecule has 0 spiro atoms. The summed E-state index contributed by atoms with van der Waals surface area (Å²) in [5, 5.41) is 27.3. The maximum Gasteiger partial charge on any atom is 0.339 e. The summed E-state index contributed by atoms with van der Waals surface area (Å²) in [6, 6.07) is 1.22. The number of hydrogen-bond donors (Lipinski definition) is 3. The molecule has 3 N–H and O–H groups in total. The lowest BCUT2D eigenvalue weighted by molar-refractivity contribution is 0.0693. The van der Waals surface area contributed by atoms with Gasteiger partial charge in [-0.2, -0.15) is 0 Å². The number of phenolic OH excluding ortho intramolecular Hbond substituents is 1. The number of rotatable bonds is 1. The molecular weight excluding hydrogens is 402 g/mol. The predicted molar refractivity (Wildman–Crippen MR) is 62.2 cm³/mol. The Hall–Kier alpha value is -0.250. The molecule has 0 heterocycles. The van der Waals surface area contributed by atoms with Gasteiger partial charge in [0.25, 0.3) is 0 Å². The second-order valence-electron chi connectivity index (χ2n) is 2.22. The highest BCUT2D eigenvalue weighted by Crippen LogP contribution is 2.35. The maximum absolute atomic E-state index is 10.6. The molecule has 0 unspecified atom stereocenters. The zero-order valence-corrected chi connectivity index (χ0v) is 10.4. The summed E-state index contributed by atoms with van der Waals surface area (Å²) >= 11 is 3.48. The van der Waals surface area contributed by atoms with Gasteiger partial charge < -0.3 is 15.3 Å². The standard InChI is InChI=1S/C7H4I2O4/c8-3-1-2(7(12)13)5(10)4(9)6(3)11/h1,10-11H,(H,12,13). The normalized spacial score (nSPS) is 10.0. The van der Waals surface area contributed by atoms with Crippen LogP contribution in [0.2, 0.25) is 0 Å². The van der Waals surface area contributed by atoms with E-state index >= 15 is 0 Å². The van der Waals surface area contributed by atoms with Gasteiger partial charge in [0.05, 0.1) is 7.14 Å². The van der Waals surface area contributed by atoms with Crippen LogP contribution in [0.15, 0.2) is 6.07 Å². The van der Waals surface area contributed by atoms with Crippen LogP contribution in [-0.2, 0) is 0 Å². The second kappa shape index (κ2) is 3.86. The molecule has 0 aromatic heterocycles. The van der Waals surface area contributed by atoms with Crippen molar-refractivity contribution in [3.05, 3.63) is 18.8 Å². The van der Waals surface area contributed by atoms with Gasteiger partial charge >= 0.3 is 5.97 Å². The first-order valence-electron chi connectivity index (χ1n) is 3.08. The van der Waals surface area contributed by atoms with E-state index in [0.29, 0.717) is 3.57 Å². The van der Waals surface area contributed by atoms with Crippen molar-refractivity contribution < 1.29 is 20.1 Å². The van der Waals surface area contributed by atoms with E-state index in [1.165, 1.54) is 6.07 Å². The molecule has 0 fully saturated rings. The number of aromatic carboxylic acids is 1. The number of aromatic hydroxyl groups is 2. The van der Waals surface area contributed by atoms with Gasteiger partial charge in [-0.05, 0) is 51.2 Å². The minimum Gasteiger partial charge on any atom is -0.506 e. The van der Waals surface area contributed by atoms with Crippen LogP contribution in [0, 0.1) is 7.14 Å². The lowest BCUT2D eigenvalue weighted by Gasteiger charge is -2.05. The average molecular weight is 406 g/mol. The van der Waals surface area contributed by atoms with E-state index in [1.807, 2.05) is 0 Å². The Morgan fingerprint density at radius 3 is 2.23 bits per heavy atom. The van der Waals surface area contributed by atoms with Crippen molar-refractivity contribution in [2.45, 2.75) is 0 Å². The van der Waals surface area contributed by atoms with Gasteiger partial charge in [0.1, 0.15) is 17.1 Å². The molecule has 1 aromatic rings. The Morgan fingerprint density at radius 2 is 1.77 bits per heavy atom. The minimum absolute atomic E-state index is 0.0938. The molecule has 0 saturated carbocycles. The zero-order chi connectivity index (χ0) is 10.2. The zero-order valence-electron chi connectivity index (χ0n) is 6.08. The van der Waals surface area contributed by atoms with Crippen molar-refractivity contribution in [1.82, 2.24) is 0 Å². The van der Waals surface area contributed by atoms with Gasteiger partial charge in [0, 0.05) is 0 Å². The summed E-state index contributed by atoms with van der Waals surface area (Å²) in [6.45, 7) is 0. The molecule has 0 radical (unpaired) electrons. The SMILES string of the molecule is O=C(O)c1cc(I)c(O)c(I)c1O. The summed E-state index contributed by atoms with van der Waals surface area (Å²) < 4.78 is 0.555. The number of phenols is 2. The summed E-state index contributed by atoms with van der Waals surface area (Å²) in [7, 11) is 0. The summed E-state index contributed by atoms with van der Waals surface area (Å²) in [5.74, 6) is -1.71. The van der Waals surface area contributed by atoms with E-state index in [-0.39, 0.29) is 14.9 Å². The third-order valence-corrected chi connectivity index (χ3v) is 3.24. The molecule has 4 nitrogen and oxygen atoms in total. The van der Waals surface area contributed by atoms with Crippen molar-refractivity contribution in [2.75, 3.05) is 0 Å². The number of carboxylic acids is 1. The number of carboxylic acid groups (broad SMARTS) is 1. The maximum atomic E-state index is 10.6. The highest BCUT2D eigenvalue weighted by Gasteiger charge is 2.17. The Balaban J connectivity index is 3.50. The second-order valence-corrected chi connectivity index (χ2v) is 4.46. The number of benzene rings is 1. The van der Waals surface area contributed by atoms with E-state index in [2.05, 4.69) is 0 Å². The van der Waals surface area contributed by atoms with E-state index in [0.717, 1.165) is 0 Å². The van der Waals surface area contributed by atoms with E-state index in [9.17, 15) is 15.0 Å². The third kappa shape index (κ3) is 1.98. The fraction of sp³-hybridized carbons (Fsp3) is 0. The van der Waals surface area contributed by atoms with Crippen LogP contribution < -0.4 is 0 Å². The van der Waals surface area contributed by atoms with Gasteiger partial charge in [-0.3, -0.25) is 0 Å². The largest absolute Gasteiger partial charge is 0.506 e. The quantitative estimate of drug-likeness (QED) is 0.624. The number of halogens is 2. The fourth-order valence-electron chi connectivity index (χ4n) is 0.762. The van der Waals surface area contributed by atoms with E-state index in [4.69, 9.17) is 5.11 Å². The van der Waals surface area contributed by atoms with Crippen molar-refractivity contribution in [3.63, 3.8) is 0 Å². The summed E-state index contributed by atoms with van der Waals surface area (Å²) in [6.07, 6.45) is 0. The molecule has 1 rings (SSSR count). The molecule has 0 aliphatic carbocycles. The Morgan fingerprint density at radius 1 is 1.23 bits per heavy atom. The first-order chi connectivity index (χ1) is 5.95. The predicted octanol–water partition coefficient (Wildman–Crippen LogP) is 2.01. The highest BCUT2D eigenvalue weighted by atomic mass is 127. The topological polar surface area (TPSA) is 77.8 Å². The highest BCUT2D eigenvalue weighted by molar-refractivity contribution is 14.1. The molecule has 0 saturated heterocycles. The van der Waals surface area contributed by atoms with Crippen molar-refractivity contribution in [3.8, 4) is 11.5 Å². The Kier molecular flexibility index (Phi) is 3.22. The van der Waals surface area contributed by atoms with Gasteiger partial charge in [-0.25, -0.2) is 4.79 Å². The first kappa shape index (κ1) is 10.8.